The summed E-state index contributed by atoms with van der Waals surface area (Å²) in [5.74, 6) is -0.720. The van der Waals surface area contributed by atoms with E-state index < -0.39 is 10.8 Å². The zero-order valence-electron chi connectivity index (χ0n) is 13.7. The summed E-state index contributed by atoms with van der Waals surface area (Å²) in [6.07, 6.45) is 0.298. The van der Waals surface area contributed by atoms with Crippen molar-refractivity contribution in [3.63, 3.8) is 0 Å². The van der Waals surface area contributed by atoms with Crippen molar-refractivity contribution < 1.29 is 14.3 Å². The number of thioether (sulfide) groups is 1. The van der Waals surface area contributed by atoms with Crippen LogP contribution < -0.4 is 0 Å². The summed E-state index contributed by atoms with van der Waals surface area (Å²) < 4.78 is 5.55. The number of thiocarbonyl (C=S) groups is 1. The van der Waals surface area contributed by atoms with Gasteiger partial charge in [-0.3, -0.25) is 14.5 Å². The van der Waals surface area contributed by atoms with Crippen LogP contribution in [0.2, 0.25) is 0 Å². The lowest BCUT2D eigenvalue weighted by molar-refractivity contribution is 0.0621. The second kappa shape index (κ2) is 7.32. The highest BCUT2D eigenvalue weighted by Crippen LogP contribution is 2.36. The van der Waals surface area contributed by atoms with E-state index in [1.165, 1.54) is 4.90 Å². The summed E-state index contributed by atoms with van der Waals surface area (Å²) in [4.78, 5) is 26.6. The van der Waals surface area contributed by atoms with Crippen LogP contribution in [-0.4, -0.2) is 33.1 Å². The molecule has 0 fully saturated rings. The van der Waals surface area contributed by atoms with E-state index in [0.29, 0.717) is 24.2 Å². The van der Waals surface area contributed by atoms with E-state index in [4.69, 9.17) is 17.0 Å². The molecule has 0 saturated heterocycles. The molecule has 0 aromatic heterocycles. The third kappa shape index (κ3) is 3.77. The number of rotatable bonds is 5. The number of amides is 2. The van der Waals surface area contributed by atoms with Crippen molar-refractivity contribution in [3.05, 3.63) is 35.4 Å². The predicted octanol–water partition coefficient (Wildman–Crippen LogP) is 3.60. The van der Waals surface area contributed by atoms with Crippen molar-refractivity contribution in [1.82, 2.24) is 4.90 Å². The number of carbonyl (C=O) groups excluding carboxylic acids is 2. The van der Waals surface area contributed by atoms with Gasteiger partial charge >= 0.3 is 0 Å². The van der Waals surface area contributed by atoms with Crippen LogP contribution >= 0.6 is 24.0 Å². The molecule has 0 aliphatic carbocycles. The van der Waals surface area contributed by atoms with Gasteiger partial charge in [-0.2, -0.15) is 5.26 Å². The van der Waals surface area contributed by atoms with Crippen molar-refractivity contribution in [2.24, 2.45) is 5.41 Å². The lowest BCUT2D eigenvalue weighted by atomic mass is 9.91. The van der Waals surface area contributed by atoms with E-state index in [1.54, 1.807) is 38.1 Å². The molecule has 0 bridgehead atoms. The number of imide groups is 1. The minimum absolute atomic E-state index is 0.257. The van der Waals surface area contributed by atoms with Crippen LogP contribution in [0.4, 0.5) is 0 Å². The third-order valence-corrected chi connectivity index (χ3v) is 4.96. The van der Waals surface area contributed by atoms with Crippen LogP contribution in [0.5, 0.6) is 0 Å². The van der Waals surface area contributed by atoms with E-state index in [1.807, 2.05) is 6.92 Å². The Hall–Kier alpha value is -1.91. The van der Waals surface area contributed by atoms with Crippen molar-refractivity contribution in [1.29, 1.82) is 5.26 Å². The van der Waals surface area contributed by atoms with Gasteiger partial charge in [0.2, 0.25) is 4.38 Å². The number of carbonyl (C=O) groups is 2. The Morgan fingerprint density at radius 3 is 2.33 bits per heavy atom. The zero-order chi connectivity index (χ0) is 17.9. The van der Waals surface area contributed by atoms with E-state index in [-0.39, 0.29) is 16.2 Å². The Kier molecular flexibility index (Phi) is 5.62. The quantitative estimate of drug-likeness (QED) is 0.589. The molecule has 2 rings (SSSR count). The summed E-state index contributed by atoms with van der Waals surface area (Å²) >= 11 is 6.29. The lowest BCUT2D eigenvalue weighted by Crippen LogP contribution is -2.41. The summed E-state index contributed by atoms with van der Waals surface area (Å²) in [7, 11) is 0. The van der Waals surface area contributed by atoms with Gasteiger partial charge in [0.1, 0.15) is 0 Å². The highest BCUT2D eigenvalue weighted by atomic mass is 32.2. The molecule has 1 heterocycles. The van der Waals surface area contributed by atoms with Gasteiger partial charge in [-0.05, 0) is 51.5 Å². The van der Waals surface area contributed by atoms with Gasteiger partial charge in [-0.1, -0.05) is 23.9 Å². The van der Waals surface area contributed by atoms with Crippen LogP contribution in [0.15, 0.2) is 24.3 Å². The van der Waals surface area contributed by atoms with Crippen LogP contribution in [0.3, 0.4) is 0 Å². The Balaban J connectivity index is 2.34. The molecule has 24 heavy (non-hydrogen) atoms. The minimum atomic E-state index is -0.713. The third-order valence-electron chi connectivity index (χ3n) is 3.60. The highest BCUT2D eigenvalue weighted by molar-refractivity contribution is 8.23. The lowest BCUT2D eigenvalue weighted by Gasteiger charge is -2.29. The summed E-state index contributed by atoms with van der Waals surface area (Å²) in [5.41, 5.74) is 0.0462. The molecule has 5 nitrogen and oxygen atoms in total. The number of hydrogen-bond donors (Lipinski definition) is 0. The molecule has 2 amide bonds. The maximum atomic E-state index is 12.7. The second-order valence-corrected chi connectivity index (χ2v) is 7.76. The van der Waals surface area contributed by atoms with Crippen LogP contribution in [0, 0.1) is 16.7 Å². The smallest absolute Gasteiger partial charge is 0.262 e. The molecule has 126 valence electrons. The maximum absolute atomic E-state index is 12.7. The fraction of sp³-hybridized carbons (Fsp3) is 0.412. The first-order chi connectivity index (χ1) is 11.3. The SMILES string of the molecule is CCOC(=S)SC(CC(C)(C)C#N)N1C(=O)c2ccccc2C1=O. The van der Waals surface area contributed by atoms with Gasteiger partial charge < -0.3 is 4.74 Å². The monoisotopic (exact) mass is 362 g/mol. The molecular weight excluding hydrogens is 344 g/mol. The molecular formula is C17H18N2O3S2. The van der Waals surface area contributed by atoms with Crippen LogP contribution in [-0.2, 0) is 4.74 Å². The molecule has 1 atom stereocenters. The molecule has 7 heteroatoms. The fourth-order valence-corrected chi connectivity index (χ4v) is 4.06. The molecule has 1 unspecified atom stereocenters. The number of benzene rings is 1. The van der Waals surface area contributed by atoms with Gasteiger partial charge in [0.05, 0.1) is 34.6 Å². The van der Waals surface area contributed by atoms with E-state index >= 15 is 0 Å². The van der Waals surface area contributed by atoms with E-state index in [9.17, 15) is 14.9 Å². The first-order valence-corrected chi connectivity index (χ1v) is 8.81. The van der Waals surface area contributed by atoms with Crippen LogP contribution in [0.1, 0.15) is 47.9 Å². The van der Waals surface area contributed by atoms with Gasteiger partial charge in [-0.15, -0.1) is 0 Å². The summed E-state index contributed by atoms with van der Waals surface area (Å²) in [6.45, 7) is 5.75. The average Bonchev–Trinajstić information content (AvgIpc) is 2.79. The largest absolute Gasteiger partial charge is 0.479 e. The average molecular weight is 362 g/mol. The van der Waals surface area contributed by atoms with Crippen molar-refractivity contribution in [2.75, 3.05) is 6.61 Å². The number of ether oxygens (including phenoxy) is 1. The predicted molar refractivity (Wildman–Crippen MR) is 96.6 cm³/mol. The van der Waals surface area contributed by atoms with Gasteiger partial charge in [0.15, 0.2) is 0 Å². The molecule has 0 radical (unpaired) electrons. The Morgan fingerprint density at radius 2 is 1.88 bits per heavy atom. The number of hydrogen-bond acceptors (Lipinski definition) is 6. The molecule has 1 aliphatic heterocycles. The van der Waals surface area contributed by atoms with Crippen molar-refractivity contribution in [3.8, 4) is 6.07 Å². The van der Waals surface area contributed by atoms with E-state index in [2.05, 4.69) is 6.07 Å². The molecule has 0 N–H and O–H groups in total. The van der Waals surface area contributed by atoms with Gasteiger partial charge in [0, 0.05) is 0 Å². The maximum Gasteiger partial charge on any atom is 0.262 e. The molecule has 1 aromatic rings. The Morgan fingerprint density at radius 1 is 1.33 bits per heavy atom. The normalized spacial score (nSPS) is 15.0. The van der Waals surface area contributed by atoms with Crippen molar-refractivity contribution >= 4 is 40.2 Å². The van der Waals surface area contributed by atoms with Gasteiger partial charge in [-0.25, -0.2) is 0 Å². The molecule has 1 aliphatic rings. The Bertz CT molecular complexity index is 690. The number of nitrogens with zero attached hydrogens (tertiary/aromatic N) is 2. The highest BCUT2D eigenvalue weighted by Gasteiger charge is 2.42. The molecule has 1 aromatic carbocycles. The minimum Gasteiger partial charge on any atom is -0.479 e. The van der Waals surface area contributed by atoms with Crippen LogP contribution in [0.25, 0.3) is 0 Å². The molecule has 0 spiro atoms. The standard InChI is InChI=1S/C17H18N2O3S2/c1-4-22-16(23)24-13(9-17(2,3)10-18)19-14(20)11-7-5-6-8-12(11)15(19)21/h5-8,13H,4,9H2,1-3H3. The topological polar surface area (TPSA) is 70.4 Å². The number of fused-ring (bicyclic) bond motifs is 1. The Labute approximate surface area is 151 Å². The summed E-state index contributed by atoms with van der Waals surface area (Å²) in [5, 5.41) is 8.73. The summed E-state index contributed by atoms with van der Waals surface area (Å²) in [6, 6.07) is 8.91. The van der Waals surface area contributed by atoms with E-state index in [0.717, 1.165) is 11.8 Å². The van der Waals surface area contributed by atoms with Crippen molar-refractivity contribution in [2.45, 2.75) is 32.6 Å². The van der Waals surface area contributed by atoms with Gasteiger partial charge in [0.25, 0.3) is 11.8 Å². The zero-order valence-corrected chi connectivity index (χ0v) is 15.4. The fourth-order valence-electron chi connectivity index (χ4n) is 2.40. The first kappa shape index (κ1) is 18.4. The number of nitriles is 1. The molecule has 0 saturated carbocycles. The second-order valence-electron chi connectivity index (χ2n) is 5.98. The first-order valence-electron chi connectivity index (χ1n) is 7.52.